The van der Waals surface area contributed by atoms with Gasteiger partial charge >= 0.3 is 5.76 Å². The van der Waals surface area contributed by atoms with E-state index < -0.39 is 18.2 Å². The molecule has 0 atom stereocenters. The molecule has 3 aromatic rings. The molecule has 1 aliphatic carbocycles. The molecule has 0 radical (unpaired) electrons. The van der Waals surface area contributed by atoms with Crippen LogP contribution in [0, 0.1) is 11.8 Å². The van der Waals surface area contributed by atoms with E-state index in [9.17, 15) is 13.6 Å². The predicted octanol–water partition coefficient (Wildman–Crippen LogP) is 3.23. The van der Waals surface area contributed by atoms with Crippen LogP contribution in [0.2, 0.25) is 0 Å². The Morgan fingerprint density at radius 2 is 2.06 bits per heavy atom. The number of aromatic amines is 1. The average Bonchev–Trinajstić information content (AvgIpc) is 3.35. The van der Waals surface area contributed by atoms with Gasteiger partial charge in [0.15, 0.2) is 11.5 Å². The van der Waals surface area contributed by atoms with Crippen molar-refractivity contribution in [2.45, 2.75) is 57.9 Å². The van der Waals surface area contributed by atoms with Crippen LogP contribution in [0.5, 0.6) is 0 Å². The normalized spacial score (nSPS) is 24.0. The maximum Gasteiger partial charge on any atom is 0.439 e. The Kier molecular flexibility index (Phi) is 4.98. The third kappa shape index (κ3) is 4.05. The van der Waals surface area contributed by atoms with Gasteiger partial charge in [-0.25, -0.2) is 28.5 Å². The van der Waals surface area contributed by atoms with Crippen LogP contribution in [-0.4, -0.2) is 48.7 Å². The third-order valence-corrected chi connectivity index (χ3v) is 6.39. The molecule has 2 aliphatic rings. The number of halogens is 2. The van der Waals surface area contributed by atoms with E-state index >= 15 is 0 Å². The largest absolute Gasteiger partial charge is 0.439 e. The van der Waals surface area contributed by atoms with Crippen molar-refractivity contribution in [3.63, 3.8) is 0 Å². The zero-order valence-electron chi connectivity index (χ0n) is 17.4. The number of aromatic nitrogens is 6. The van der Waals surface area contributed by atoms with E-state index in [4.69, 9.17) is 0 Å². The number of alkyl halides is 2. The number of piperidine rings is 1. The summed E-state index contributed by atoms with van der Waals surface area (Å²) in [7, 11) is 0. The van der Waals surface area contributed by atoms with E-state index in [0.717, 1.165) is 25.3 Å². The molecule has 9 nitrogen and oxygen atoms in total. The van der Waals surface area contributed by atoms with Crippen molar-refractivity contribution in [2.75, 3.05) is 18.0 Å². The lowest BCUT2D eigenvalue weighted by molar-refractivity contribution is -0.0118. The summed E-state index contributed by atoms with van der Waals surface area (Å²) in [6.45, 7) is 3.08. The Morgan fingerprint density at radius 1 is 1.26 bits per heavy atom. The topological polar surface area (TPSA) is 106 Å². The molecule has 2 fully saturated rings. The second kappa shape index (κ2) is 7.69. The highest BCUT2D eigenvalue weighted by Crippen LogP contribution is 2.35. The fourth-order valence-corrected chi connectivity index (χ4v) is 4.69. The zero-order valence-corrected chi connectivity index (χ0v) is 17.4. The fourth-order valence-electron chi connectivity index (χ4n) is 4.69. The predicted molar refractivity (Wildman–Crippen MR) is 109 cm³/mol. The van der Waals surface area contributed by atoms with Gasteiger partial charge in [0.05, 0.1) is 12.9 Å². The van der Waals surface area contributed by atoms with Crippen LogP contribution >= 0.6 is 0 Å². The molecule has 1 aliphatic heterocycles. The minimum absolute atomic E-state index is 0.0488. The fraction of sp³-hybridized carbons (Fsp3) is 0.650. The van der Waals surface area contributed by atoms with Crippen LogP contribution in [0.3, 0.4) is 0 Å². The van der Waals surface area contributed by atoms with E-state index in [1.54, 1.807) is 11.2 Å². The number of anilines is 1. The van der Waals surface area contributed by atoms with Gasteiger partial charge in [0.25, 0.3) is 5.92 Å². The van der Waals surface area contributed by atoms with Crippen molar-refractivity contribution in [1.82, 2.24) is 29.7 Å². The Morgan fingerprint density at radius 3 is 2.77 bits per heavy atom. The molecule has 0 bridgehead atoms. The Balaban J connectivity index is 1.57. The first-order valence-electron chi connectivity index (χ1n) is 10.8. The summed E-state index contributed by atoms with van der Waals surface area (Å²) in [4.78, 5) is 28.8. The second-order valence-corrected chi connectivity index (χ2v) is 8.89. The minimum Gasteiger partial charge on any atom is -0.349 e. The van der Waals surface area contributed by atoms with E-state index in [0.29, 0.717) is 35.9 Å². The summed E-state index contributed by atoms with van der Waals surface area (Å²) in [5.74, 6) is -1.73. The minimum atomic E-state index is -2.79. The third-order valence-electron chi connectivity index (χ3n) is 6.39. The molecule has 166 valence electrons. The molecule has 5 rings (SSSR count). The van der Waals surface area contributed by atoms with Gasteiger partial charge in [0, 0.05) is 19.5 Å². The highest BCUT2D eigenvalue weighted by Gasteiger charge is 2.37. The van der Waals surface area contributed by atoms with Crippen molar-refractivity contribution in [2.24, 2.45) is 11.8 Å². The SMILES string of the molecule is C[C@H]1CC[C@H](Cn2cnc3nc(-c4noc(=O)[nH]4)nc(N4CCCC(F)(F)C4)c32)CC1. The number of nitrogens with zero attached hydrogens (tertiary/aromatic N) is 6. The van der Waals surface area contributed by atoms with E-state index in [2.05, 4.69) is 36.5 Å². The van der Waals surface area contributed by atoms with E-state index in [-0.39, 0.29) is 18.1 Å². The molecular weight excluding hydrogens is 408 g/mol. The maximum atomic E-state index is 14.2. The molecule has 0 unspecified atom stereocenters. The van der Waals surface area contributed by atoms with Crippen LogP contribution in [0.1, 0.15) is 45.4 Å². The van der Waals surface area contributed by atoms with E-state index in [1.807, 2.05) is 4.57 Å². The van der Waals surface area contributed by atoms with Crippen LogP contribution in [0.4, 0.5) is 14.6 Å². The van der Waals surface area contributed by atoms with Gasteiger partial charge in [-0.15, -0.1) is 0 Å². The number of nitrogens with one attached hydrogen (secondary N) is 1. The highest BCUT2D eigenvalue weighted by atomic mass is 19.3. The summed E-state index contributed by atoms with van der Waals surface area (Å²) < 4.78 is 35.0. The number of hydrogen-bond donors (Lipinski definition) is 1. The smallest absolute Gasteiger partial charge is 0.349 e. The molecule has 4 heterocycles. The van der Waals surface area contributed by atoms with Gasteiger partial charge < -0.3 is 9.47 Å². The molecule has 1 saturated carbocycles. The van der Waals surface area contributed by atoms with Crippen LogP contribution in [0.15, 0.2) is 15.6 Å². The lowest BCUT2D eigenvalue weighted by Gasteiger charge is -2.34. The van der Waals surface area contributed by atoms with Gasteiger partial charge in [-0.2, -0.15) is 0 Å². The quantitative estimate of drug-likeness (QED) is 0.673. The van der Waals surface area contributed by atoms with Gasteiger partial charge in [0.2, 0.25) is 11.6 Å². The molecular formula is C20H25F2N7O2. The lowest BCUT2D eigenvalue weighted by atomic mass is 9.83. The number of hydrogen-bond acceptors (Lipinski definition) is 7. The second-order valence-electron chi connectivity index (χ2n) is 8.89. The van der Waals surface area contributed by atoms with Crippen LogP contribution in [0.25, 0.3) is 22.8 Å². The van der Waals surface area contributed by atoms with Crippen LogP contribution < -0.4 is 10.7 Å². The van der Waals surface area contributed by atoms with E-state index in [1.165, 1.54) is 12.8 Å². The molecule has 31 heavy (non-hydrogen) atoms. The Bertz CT molecular complexity index is 1130. The van der Waals surface area contributed by atoms with Crippen molar-refractivity contribution < 1.29 is 13.3 Å². The van der Waals surface area contributed by atoms with Gasteiger partial charge in [-0.05, 0) is 31.1 Å². The molecule has 0 amide bonds. The van der Waals surface area contributed by atoms with Crippen molar-refractivity contribution >= 4 is 17.0 Å². The lowest BCUT2D eigenvalue weighted by Crippen LogP contribution is -2.43. The van der Waals surface area contributed by atoms with Crippen molar-refractivity contribution in [3.8, 4) is 11.6 Å². The van der Waals surface area contributed by atoms with Crippen molar-refractivity contribution in [3.05, 3.63) is 16.9 Å². The zero-order chi connectivity index (χ0) is 21.6. The number of rotatable bonds is 4. The molecule has 1 N–H and O–H groups in total. The first-order chi connectivity index (χ1) is 14.9. The Hall–Kier alpha value is -2.85. The van der Waals surface area contributed by atoms with Gasteiger partial charge in [-0.3, -0.25) is 9.51 Å². The summed E-state index contributed by atoms with van der Waals surface area (Å²) in [6, 6.07) is 0. The van der Waals surface area contributed by atoms with Gasteiger partial charge in [-0.1, -0.05) is 24.9 Å². The van der Waals surface area contributed by atoms with Gasteiger partial charge in [0.1, 0.15) is 5.52 Å². The molecule has 1 saturated heterocycles. The monoisotopic (exact) mass is 433 g/mol. The number of fused-ring (bicyclic) bond motifs is 1. The molecule has 0 spiro atoms. The van der Waals surface area contributed by atoms with Crippen molar-refractivity contribution in [1.29, 1.82) is 0 Å². The summed E-state index contributed by atoms with van der Waals surface area (Å²) in [6.07, 6.45) is 6.60. The Labute approximate surface area is 176 Å². The first-order valence-corrected chi connectivity index (χ1v) is 10.8. The highest BCUT2D eigenvalue weighted by molar-refractivity contribution is 5.85. The van der Waals surface area contributed by atoms with Crippen LogP contribution in [-0.2, 0) is 6.54 Å². The number of imidazole rings is 1. The average molecular weight is 433 g/mol. The molecule has 3 aromatic heterocycles. The maximum absolute atomic E-state index is 14.2. The standard InChI is InChI=1S/C20H25F2N7O2/c1-12-3-5-13(6-4-12)9-29-11-23-15-14(29)18(28-8-2-7-20(21,22)10-28)25-16(24-15)17-26-19(30)31-27-17/h11-13H,2-10H2,1H3,(H,26,27,30)/t12-,13-. The first kappa shape index (κ1) is 20.1. The summed E-state index contributed by atoms with van der Waals surface area (Å²) >= 11 is 0. The summed E-state index contributed by atoms with van der Waals surface area (Å²) in [5, 5.41) is 3.65. The molecule has 11 heteroatoms. The summed E-state index contributed by atoms with van der Waals surface area (Å²) in [5.41, 5.74) is 1.04. The number of H-pyrrole nitrogens is 1. The molecule has 0 aromatic carbocycles.